The lowest BCUT2D eigenvalue weighted by Crippen LogP contribution is -2.00. The topological polar surface area (TPSA) is 9.23 Å². The minimum atomic E-state index is -0.394. The number of alkyl halides is 1. The third-order valence-electron chi connectivity index (χ3n) is 3.00. The standard InChI is InChI=1S/C15H13BrF2O/c1-9-3-4-10(17)7-13(9)15(16)12-6-5-11(19-2)8-14(12)18/h3-8,15H,1-2H3. The molecule has 0 N–H and O–H groups in total. The molecule has 2 rings (SSSR count). The number of rotatable bonds is 3. The highest BCUT2D eigenvalue weighted by atomic mass is 79.9. The third-order valence-corrected chi connectivity index (χ3v) is 3.98. The Labute approximate surface area is 119 Å². The Hall–Kier alpha value is -1.42. The third kappa shape index (κ3) is 2.95. The minimum absolute atomic E-state index is 0.334. The van der Waals surface area contributed by atoms with E-state index in [0.717, 1.165) is 5.56 Å². The van der Waals surface area contributed by atoms with Crippen LogP contribution in [0.3, 0.4) is 0 Å². The number of ether oxygens (including phenoxy) is 1. The van der Waals surface area contributed by atoms with Crippen molar-refractivity contribution in [2.45, 2.75) is 11.8 Å². The number of methoxy groups -OCH3 is 1. The van der Waals surface area contributed by atoms with Gasteiger partial charge in [-0.25, -0.2) is 8.78 Å². The molecule has 4 heteroatoms. The highest BCUT2D eigenvalue weighted by Crippen LogP contribution is 2.35. The van der Waals surface area contributed by atoms with E-state index in [-0.39, 0.29) is 11.6 Å². The maximum Gasteiger partial charge on any atom is 0.131 e. The molecular formula is C15H13BrF2O. The van der Waals surface area contributed by atoms with Crippen LogP contribution in [0.5, 0.6) is 5.75 Å². The first-order chi connectivity index (χ1) is 9.02. The van der Waals surface area contributed by atoms with E-state index in [4.69, 9.17) is 4.74 Å². The van der Waals surface area contributed by atoms with Crippen molar-refractivity contribution in [3.05, 3.63) is 64.7 Å². The predicted octanol–water partition coefficient (Wildman–Crippen LogP) is 4.77. The fourth-order valence-corrected chi connectivity index (χ4v) is 2.76. The lowest BCUT2D eigenvalue weighted by Gasteiger charge is -2.15. The van der Waals surface area contributed by atoms with Gasteiger partial charge in [0.15, 0.2) is 0 Å². The zero-order valence-electron chi connectivity index (χ0n) is 10.6. The van der Waals surface area contributed by atoms with E-state index in [9.17, 15) is 8.78 Å². The Morgan fingerprint density at radius 2 is 1.79 bits per heavy atom. The van der Waals surface area contributed by atoms with Crippen LogP contribution >= 0.6 is 15.9 Å². The van der Waals surface area contributed by atoms with Crippen molar-refractivity contribution in [1.82, 2.24) is 0 Å². The molecule has 0 fully saturated rings. The molecule has 0 aliphatic rings. The summed E-state index contributed by atoms with van der Waals surface area (Å²) in [6, 6.07) is 9.12. The quantitative estimate of drug-likeness (QED) is 0.738. The molecule has 19 heavy (non-hydrogen) atoms. The summed E-state index contributed by atoms with van der Waals surface area (Å²) in [5.41, 5.74) is 2.07. The molecule has 1 unspecified atom stereocenters. The van der Waals surface area contributed by atoms with Gasteiger partial charge in [0, 0.05) is 11.6 Å². The van der Waals surface area contributed by atoms with Gasteiger partial charge in [-0.15, -0.1) is 0 Å². The molecule has 0 aliphatic carbocycles. The first-order valence-electron chi connectivity index (χ1n) is 5.76. The van der Waals surface area contributed by atoms with Gasteiger partial charge in [0.05, 0.1) is 11.9 Å². The summed E-state index contributed by atoms with van der Waals surface area (Å²) in [7, 11) is 1.48. The second-order valence-electron chi connectivity index (χ2n) is 4.25. The summed E-state index contributed by atoms with van der Waals surface area (Å²) in [4.78, 5) is -0.394. The Morgan fingerprint density at radius 3 is 2.42 bits per heavy atom. The van der Waals surface area contributed by atoms with Crippen molar-refractivity contribution in [2.24, 2.45) is 0 Å². The second-order valence-corrected chi connectivity index (χ2v) is 5.17. The largest absolute Gasteiger partial charge is 0.497 e. The Balaban J connectivity index is 2.43. The average Bonchev–Trinajstić information content (AvgIpc) is 2.40. The van der Waals surface area contributed by atoms with Crippen molar-refractivity contribution in [2.75, 3.05) is 7.11 Å². The van der Waals surface area contributed by atoms with Gasteiger partial charge in [-0.2, -0.15) is 0 Å². The molecule has 0 radical (unpaired) electrons. The summed E-state index contributed by atoms with van der Waals surface area (Å²) in [5.74, 6) is -0.263. The van der Waals surface area contributed by atoms with Crippen LogP contribution < -0.4 is 4.74 Å². The van der Waals surface area contributed by atoms with Crippen molar-refractivity contribution < 1.29 is 13.5 Å². The van der Waals surface area contributed by atoms with Gasteiger partial charge < -0.3 is 4.74 Å². The first kappa shape index (κ1) is 14.0. The van der Waals surface area contributed by atoms with E-state index in [2.05, 4.69) is 15.9 Å². The van der Waals surface area contributed by atoms with Gasteiger partial charge >= 0.3 is 0 Å². The molecule has 0 saturated carbocycles. The molecule has 0 amide bonds. The van der Waals surface area contributed by atoms with Crippen LogP contribution in [0, 0.1) is 18.6 Å². The summed E-state index contributed by atoms with van der Waals surface area (Å²) in [5, 5.41) is 0. The lowest BCUT2D eigenvalue weighted by molar-refractivity contribution is 0.411. The highest BCUT2D eigenvalue weighted by Gasteiger charge is 2.17. The first-order valence-corrected chi connectivity index (χ1v) is 6.68. The molecule has 100 valence electrons. The Morgan fingerprint density at radius 1 is 1.05 bits per heavy atom. The monoisotopic (exact) mass is 326 g/mol. The van der Waals surface area contributed by atoms with Crippen molar-refractivity contribution in [3.8, 4) is 5.75 Å². The van der Waals surface area contributed by atoms with Gasteiger partial charge in [0.2, 0.25) is 0 Å². The van der Waals surface area contributed by atoms with E-state index in [1.165, 1.54) is 25.3 Å². The van der Waals surface area contributed by atoms with Gasteiger partial charge in [-0.05, 0) is 36.2 Å². The van der Waals surface area contributed by atoms with E-state index in [1.807, 2.05) is 6.92 Å². The van der Waals surface area contributed by atoms with Crippen molar-refractivity contribution >= 4 is 15.9 Å². The zero-order valence-corrected chi connectivity index (χ0v) is 12.2. The van der Waals surface area contributed by atoms with Crippen LogP contribution in [0.15, 0.2) is 36.4 Å². The number of aryl methyl sites for hydroxylation is 1. The second kappa shape index (κ2) is 5.70. The van der Waals surface area contributed by atoms with Gasteiger partial charge in [0.1, 0.15) is 17.4 Å². The summed E-state index contributed by atoms with van der Waals surface area (Å²) < 4.78 is 32.3. The maximum absolute atomic E-state index is 14.0. The fraction of sp³-hybridized carbons (Fsp3) is 0.200. The molecular weight excluding hydrogens is 314 g/mol. The molecule has 0 aromatic heterocycles. The SMILES string of the molecule is COc1ccc(C(Br)c2cc(F)ccc2C)c(F)c1. The molecule has 2 aromatic carbocycles. The summed E-state index contributed by atoms with van der Waals surface area (Å²) in [6.07, 6.45) is 0. The Kier molecular flexibility index (Phi) is 4.20. The normalized spacial score (nSPS) is 12.3. The van der Waals surface area contributed by atoms with Crippen LogP contribution in [0.4, 0.5) is 8.78 Å². The summed E-state index contributed by atoms with van der Waals surface area (Å²) >= 11 is 3.43. The highest BCUT2D eigenvalue weighted by molar-refractivity contribution is 9.09. The van der Waals surface area contributed by atoms with Gasteiger partial charge in [-0.3, -0.25) is 0 Å². The molecule has 0 aliphatic heterocycles. The van der Waals surface area contributed by atoms with Gasteiger partial charge in [0.25, 0.3) is 0 Å². The molecule has 2 aromatic rings. The van der Waals surface area contributed by atoms with Crippen molar-refractivity contribution in [1.29, 1.82) is 0 Å². The van der Waals surface area contributed by atoms with Crippen LogP contribution in [0.25, 0.3) is 0 Å². The number of hydrogen-bond acceptors (Lipinski definition) is 1. The molecule has 0 heterocycles. The van der Waals surface area contributed by atoms with E-state index < -0.39 is 4.83 Å². The van der Waals surface area contributed by atoms with E-state index >= 15 is 0 Å². The van der Waals surface area contributed by atoms with Gasteiger partial charge in [-0.1, -0.05) is 28.1 Å². The van der Waals surface area contributed by atoms with Crippen LogP contribution in [-0.2, 0) is 0 Å². The predicted molar refractivity (Wildman–Crippen MR) is 74.9 cm³/mol. The molecule has 0 bridgehead atoms. The molecule has 1 nitrogen and oxygen atoms in total. The van der Waals surface area contributed by atoms with Crippen LogP contribution in [-0.4, -0.2) is 7.11 Å². The number of benzene rings is 2. The fourth-order valence-electron chi connectivity index (χ4n) is 1.89. The van der Waals surface area contributed by atoms with E-state index in [1.54, 1.807) is 18.2 Å². The summed E-state index contributed by atoms with van der Waals surface area (Å²) in [6.45, 7) is 1.87. The average molecular weight is 327 g/mol. The Bertz CT molecular complexity index is 599. The lowest BCUT2D eigenvalue weighted by atomic mass is 10.00. The minimum Gasteiger partial charge on any atom is -0.497 e. The van der Waals surface area contributed by atoms with Crippen LogP contribution in [0.2, 0.25) is 0 Å². The molecule has 0 spiro atoms. The number of hydrogen-bond donors (Lipinski definition) is 0. The smallest absolute Gasteiger partial charge is 0.131 e. The van der Waals surface area contributed by atoms with E-state index in [0.29, 0.717) is 16.9 Å². The van der Waals surface area contributed by atoms with Crippen molar-refractivity contribution in [3.63, 3.8) is 0 Å². The van der Waals surface area contributed by atoms with Crippen LogP contribution in [0.1, 0.15) is 21.5 Å². The molecule has 0 saturated heterocycles. The molecule has 1 atom stereocenters. The maximum atomic E-state index is 14.0. The zero-order chi connectivity index (χ0) is 14.0. The number of halogens is 3.